The molecule has 2 atom stereocenters. The number of likely N-dealkylation sites (tertiary alicyclic amines) is 1. The van der Waals surface area contributed by atoms with Crippen molar-refractivity contribution >= 4 is 22.8 Å². The van der Waals surface area contributed by atoms with Gasteiger partial charge in [-0.3, -0.25) is 24.6 Å². The second-order valence-corrected chi connectivity index (χ2v) is 9.47. The third kappa shape index (κ3) is 5.08. The lowest BCUT2D eigenvalue weighted by Crippen LogP contribution is -2.54. The zero-order valence-electron chi connectivity index (χ0n) is 21.1. The van der Waals surface area contributed by atoms with E-state index in [1.807, 2.05) is 25.1 Å². The van der Waals surface area contributed by atoms with E-state index in [1.54, 1.807) is 35.4 Å². The highest BCUT2D eigenvalue weighted by molar-refractivity contribution is 6.01. The number of carbonyl (C=O) groups excluding carboxylic acids is 1. The molecule has 3 N–H and O–H groups in total. The van der Waals surface area contributed by atoms with Crippen molar-refractivity contribution in [2.45, 2.75) is 38.4 Å². The van der Waals surface area contributed by atoms with Crippen LogP contribution in [0.1, 0.15) is 34.5 Å². The lowest BCUT2D eigenvalue weighted by Gasteiger charge is -2.38. The van der Waals surface area contributed by atoms with Crippen LogP contribution in [0.4, 0.5) is 4.39 Å². The highest BCUT2D eigenvalue weighted by Gasteiger charge is 2.34. The van der Waals surface area contributed by atoms with Gasteiger partial charge in [0.25, 0.3) is 5.91 Å². The first-order valence-corrected chi connectivity index (χ1v) is 12.3. The molecule has 1 saturated heterocycles. The molecule has 0 spiro atoms. The van der Waals surface area contributed by atoms with Gasteiger partial charge in [0.15, 0.2) is 0 Å². The fraction of sp³-hybridized carbons (Fsp3) is 0.286. The molecule has 1 aliphatic rings. The molecular weight excluding hydrogens is 489 g/mol. The van der Waals surface area contributed by atoms with Crippen LogP contribution in [0.25, 0.3) is 22.2 Å². The number of carboxylic acids is 1. The predicted octanol–water partition coefficient (Wildman–Crippen LogP) is 3.93. The van der Waals surface area contributed by atoms with Crippen LogP contribution in [0.2, 0.25) is 0 Å². The van der Waals surface area contributed by atoms with Gasteiger partial charge in [0, 0.05) is 53.1 Å². The maximum absolute atomic E-state index is 14.6. The summed E-state index contributed by atoms with van der Waals surface area (Å²) in [6.07, 6.45) is 2.53. The SMILES string of the molecule is COc1cccc(F)c1CN1CC(NC(=O)c2ccc3[nH]nc(-c4ccnc(C)c4)c3c2)CCC1C(=O)O. The number of piperidine rings is 1. The number of hydrogen-bond donors (Lipinski definition) is 3. The van der Waals surface area contributed by atoms with Crippen LogP contribution in [0.3, 0.4) is 0 Å². The number of hydrogen-bond acceptors (Lipinski definition) is 6. The summed E-state index contributed by atoms with van der Waals surface area (Å²) >= 11 is 0. The number of aromatic nitrogens is 3. The van der Waals surface area contributed by atoms with Gasteiger partial charge < -0.3 is 15.2 Å². The van der Waals surface area contributed by atoms with E-state index in [9.17, 15) is 19.1 Å². The van der Waals surface area contributed by atoms with Crippen LogP contribution >= 0.6 is 0 Å². The first-order valence-electron chi connectivity index (χ1n) is 12.3. The highest BCUT2D eigenvalue weighted by Crippen LogP contribution is 2.29. The standard InChI is InChI=1S/C28H28FN5O4/c1-16-12-17(10-11-30-16)26-20-13-18(6-8-23(20)32-33-26)27(35)31-19-7-9-24(28(36)37)34(14-19)15-21-22(29)4-3-5-25(21)38-2/h3-6,8,10-13,19,24H,7,9,14-15H2,1-2H3,(H,31,35)(H,32,33)(H,36,37). The van der Waals surface area contributed by atoms with Crippen molar-refractivity contribution in [2.24, 2.45) is 0 Å². The first kappa shape index (κ1) is 25.3. The van der Waals surface area contributed by atoms with Gasteiger partial charge in [-0.15, -0.1) is 0 Å². The summed E-state index contributed by atoms with van der Waals surface area (Å²) in [5, 5.41) is 21.1. The normalized spacial score (nSPS) is 17.9. The van der Waals surface area contributed by atoms with Gasteiger partial charge in [-0.25, -0.2) is 4.39 Å². The third-order valence-electron chi connectivity index (χ3n) is 6.96. The molecule has 0 bridgehead atoms. The quantitative estimate of drug-likeness (QED) is 0.340. The number of nitrogens with zero attached hydrogens (tertiary/aromatic N) is 3. The molecule has 1 amide bonds. The second kappa shape index (κ2) is 10.6. The minimum absolute atomic E-state index is 0.0505. The van der Waals surface area contributed by atoms with Gasteiger partial charge >= 0.3 is 5.97 Å². The van der Waals surface area contributed by atoms with Crippen LogP contribution in [-0.4, -0.2) is 62.8 Å². The van der Waals surface area contributed by atoms with Gasteiger partial charge in [-0.05, 0) is 62.2 Å². The molecule has 4 aromatic rings. The predicted molar refractivity (Wildman–Crippen MR) is 139 cm³/mol. The molecule has 10 heteroatoms. The molecule has 196 valence electrons. The van der Waals surface area contributed by atoms with Crippen molar-refractivity contribution in [1.82, 2.24) is 25.4 Å². The molecule has 2 aromatic carbocycles. The van der Waals surface area contributed by atoms with Gasteiger partial charge in [0.05, 0.1) is 12.6 Å². The topological polar surface area (TPSA) is 120 Å². The number of aliphatic carboxylic acids is 1. The summed E-state index contributed by atoms with van der Waals surface area (Å²) in [6, 6.07) is 12.6. The van der Waals surface area contributed by atoms with Crippen LogP contribution < -0.4 is 10.1 Å². The molecule has 38 heavy (non-hydrogen) atoms. The molecule has 1 fully saturated rings. The Balaban J connectivity index is 1.35. The van der Waals surface area contributed by atoms with E-state index in [4.69, 9.17) is 4.74 Å². The Bertz CT molecular complexity index is 1500. The number of nitrogens with one attached hydrogen (secondary N) is 2. The van der Waals surface area contributed by atoms with Gasteiger partial charge in [-0.1, -0.05) is 6.07 Å². The zero-order valence-corrected chi connectivity index (χ0v) is 21.1. The fourth-order valence-electron chi connectivity index (χ4n) is 5.04. The number of aryl methyl sites for hydroxylation is 1. The van der Waals surface area contributed by atoms with Crippen molar-refractivity contribution in [2.75, 3.05) is 13.7 Å². The lowest BCUT2D eigenvalue weighted by molar-refractivity contribution is -0.145. The largest absolute Gasteiger partial charge is 0.496 e. The average molecular weight is 518 g/mol. The molecule has 3 heterocycles. The van der Waals surface area contributed by atoms with Crippen molar-refractivity contribution in [3.8, 4) is 17.0 Å². The number of benzene rings is 2. The summed E-state index contributed by atoms with van der Waals surface area (Å²) in [4.78, 5) is 31.1. The maximum atomic E-state index is 14.6. The molecule has 0 radical (unpaired) electrons. The molecule has 0 aliphatic carbocycles. The fourth-order valence-corrected chi connectivity index (χ4v) is 5.04. The van der Waals surface area contributed by atoms with Crippen molar-refractivity contribution < 1.29 is 23.8 Å². The Labute approximate surface area is 218 Å². The molecule has 2 aromatic heterocycles. The van der Waals surface area contributed by atoms with Gasteiger partial charge in [-0.2, -0.15) is 5.10 Å². The van der Waals surface area contributed by atoms with Gasteiger partial charge in [0.2, 0.25) is 0 Å². The number of carbonyl (C=O) groups is 2. The molecule has 1 aliphatic heterocycles. The van der Waals surface area contributed by atoms with Crippen molar-refractivity contribution in [3.63, 3.8) is 0 Å². The Morgan fingerprint density at radius 3 is 2.82 bits per heavy atom. The van der Waals surface area contributed by atoms with Crippen LogP contribution in [-0.2, 0) is 11.3 Å². The minimum Gasteiger partial charge on any atom is -0.496 e. The Morgan fingerprint density at radius 2 is 2.05 bits per heavy atom. The smallest absolute Gasteiger partial charge is 0.320 e. The van der Waals surface area contributed by atoms with Crippen molar-refractivity contribution in [1.29, 1.82) is 0 Å². The second-order valence-electron chi connectivity index (χ2n) is 9.47. The number of ether oxygens (including phenoxy) is 1. The Morgan fingerprint density at radius 1 is 1.21 bits per heavy atom. The number of methoxy groups -OCH3 is 1. The van der Waals surface area contributed by atoms with E-state index in [-0.39, 0.29) is 30.6 Å². The van der Waals surface area contributed by atoms with Crippen LogP contribution in [0.5, 0.6) is 5.75 Å². The molecular formula is C28H28FN5O4. The number of fused-ring (bicyclic) bond motifs is 1. The van der Waals surface area contributed by atoms with E-state index in [2.05, 4.69) is 20.5 Å². The minimum atomic E-state index is -0.977. The van der Waals surface area contributed by atoms with Gasteiger partial charge in [0.1, 0.15) is 23.3 Å². The van der Waals surface area contributed by atoms with Crippen LogP contribution in [0.15, 0.2) is 54.7 Å². The van der Waals surface area contributed by atoms with Crippen molar-refractivity contribution in [3.05, 3.63) is 77.4 Å². The number of aromatic amines is 1. The third-order valence-corrected chi connectivity index (χ3v) is 6.96. The zero-order chi connectivity index (χ0) is 26.8. The summed E-state index contributed by atoms with van der Waals surface area (Å²) in [6.45, 7) is 2.21. The molecule has 9 nitrogen and oxygen atoms in total. The summed E-state index contributed by atoms with van der Waals surface area (Å²) in [5.74, 6) is -1.36. The maximum Gasteiger partial charge on any atom is 0.320 e. The number of rotatable bonds is 7. The van der Waals surface area contributed by atoms with E-state index in [0.29, 0.717) is 24.2 Å². The monoisotopic (exact) mass is 517 g/mol. The molecule has 5 rings (SSSR count). The van der Waals surface area contributed by atoms with E-state index in [0.717, 1.165) is 27.9 Å². The molecule has 2 unspecified atom stereocenters. The summed E-state index contributed by atoms with van der Waals surface area (Å²) in [5.41, 5.74) is 4.05. The number of halogens is 1. The van der Waals surface area contributed by atoms with E-state index < -0.39 is 17.8 Å². The lowest BCUT2D eigenvalue weighted by atomic mass is 9.96. The number of pyridine rings is 1. The average Bonchev–Trinajstić information content (AvgIpc) is 3.33. The van der Waals surface area contributed by atoms with E-state index in [1.165, 1.54) is 13.2 Å². The van der Waals surface area contributed by atoms with Crippen LogP contribution in [0, 0.1) is 12.7 Å². The highest BCUT2D eigenvalue weighted by atomic mass is 19.1. The summed E-state index contributed by atoms with van der Waals surface area (Å²) in [7, 11) is 1.45. The van der Waals surface area contributed by atoms with E-state index >= 15 is 0 Å². The number of H-pyrrole nitrogens is 1. The Kier molecular flexibility index (Phi) is 7.06. The Hall–Kier alpha value is -4.31. The number of amides is 1. The number of carboxylic acid groups (broad SMARTS) is 1. The first-order chi connectivity index (χ1) is 18.3. The summed E-state index contributed by atoms with van der Waals surface area (Å²) < 4.78 is 19.9. The molecule has 0 saturated carbocycles.